The molecule has 9 heteroatoms. The summed E-state index contributed by atoms with van der Waals surface area (Å²) in [6.07, 6.45) is 1.27. The van der Waals surface area contributed by atoms with E-state index in [0.717, 1.165) is 0 Å². The molecule has 3 rings (SSSR count). The number of hydrogen-bond acceptors (Lipinski definition) is 6. The number of urea groups is 1. The fraction of sp³-hybridized carbons (Fsp3) is 0.542. The highest BCUT2D eigenvalue weighted by Gasteiger charge is 2.39. The molecule has 1 fully saturated rings. The third-order valence-corrected chi connectivity index (χ3v) is 6.05. The molecule has 0 unspecified atom stereocenters. The summed E-state index contributed by atoms with van der Waals surface area (Å²) in [5.41, 5.74) is 0.946. The van der Waals surface area contributed by atoms with Gasteiger partial charge >= 0.3 is 18.0 Å². The topological polar surface area (TPSA) is 88.2 Å². The van der Waals surface area contributed by atoms with Gasteiger partial charge in [0.15, 0.2) is 0 Å². The molecule has 2 aliphatic rings. The Bertz CT molecular complexity index is 911. The van der Waals surface area contributed by atoms with Gasteiger partial charge in [0, 0.05) is 24.4 Å². The molecule has 180 valence electrons. The van der Waals surface area contributed by atoms with Gasteiger partial charge in [-0.15, -0.1) is 0 Å². The van der Waals surface area contributed by atoms with Crippen molar-refractivity contribution in [1.29, 1.82) is 0 Å². The number of benzene rings is 1. The number of halogens is 1. The highest BCUT2D eigenvalue weighted by molar-refractivity contribution is 5.95. The van der Waals surface area contributed by atoms with Crippen molar-refractivity contribution < 1.29 is 28.2 Å². The van der Waals surface area contributed by atoms with Crippen molar-refractivity contribution in [2.24, 2.45) is 5.92 Å². The largest absolute Gasteiger partial charge is 0.466 e. The first-order valence-corrected chi connectivity index (χ1v) is 11.5. The van der Waals surface area contributed by atoms with E-state index in [1.165, 1.54) is 11.0 Å². The minimum absolute atomic E-state index is 0.150. The van der Waals surface area contributed by atoms with E-state index in [1.54, 1.807) is 32.0 Å². The second-order valence-electron chi connectivity index (χ2n) is 8.03. The molecule has 2 amide bonds. The summed E-state index contributed by atoms with van der Waals surface area (Å²) in [4.78, 5) is 41.7. The van der Waals surface area contributed by atoms with E-state index in [1.807, 2.05) is 6.92 Å². The Balaban J connectivity index is 1.94. The summed E-state index contributed by atoms with van der Waals surface area (Å²) in [5, 5.41) is 2.78. The third kappa shape index (κ3) is 5.52. The van der Waals surface area contributed by atoms with Crippen molar-refractivity contribution in [1.82, 2.24) is 15.1 Å². The van der Waals surface area contributed by atoms with Crippen LogP contribution in [0, 0.1) is 11.7 Å². The zero-order valence-electron chi connectivity index (χ0n) is 19.4. The number of hydrogen-bond donors (Lipinski definition) is 1. The van der Waals surface area contributed by atoms with E-state index >= 15 is 0 Å². The number of carbonyl (C=O) groups is 3. The van der Waals surface area contributed by atoms with Gasteiger partial charge in [0.1, 0.15) is 5.82 Å². The maximum absolute atomic E-state index is 14.7. The first-order chi connectivity index (χ1) is 15.9. The van der Waals surface area contributed by atoms with Gasteiger partial charge in [0.25, 0.3) is 0 Å². The van der Waals surface area contributed by atoms with Crippen LogP contribution in [0.15, 0.2) is 35.5 Å². The Labute approximate surface area is 193 Å². The van der Waals surface area contributed by atoms with Crippen molar-refractivity contribution in [3.05, 3.63) is 46.9 Å². The van der Waals surface area contributed by atoms with E-state index < -0.39 is 23.9 Å². The van der Waals surface area contributed by atoms with E-state index in [-0.39, 0.29) is 29.6 Å². The first-order valence-electron chi connectivity index (χ1n) is 11.5. The Morgan fingerprint density at radius 3 is 2.36 bits per heavy atom. The number of ether oxygens (including phenoxy) is 2. The minimum atomic E-state index is -0.951. The molecule has 0 bridgehead atoms. The molecule has 2 heterocycles. The van der Waals surface area contributed by atoms with E-state index in [9.17, 15) is 18.8 Å². The molecule has 1 N–H and O–H groups in total. The monoisotopic (exact) mass is 461 g/mol. The number of likely N-dealkylation sites (N-methyl/N-ethyl adjacent to an activating group) is 1. The highest BCUT2D eigenvalue weighted by Crippen LogP contribution is 2.33. The van der Waals surface area contributed by atoms with Crippen LogP contribution < -0.4 is 5.32 Å². The smallest absolute Gasteiger partial charge is 0.338 e. The second kappa shape index (κ2) is 11.3. The number of nitrogens with zero attached hydrogens (tertiary/aromatic N) is 2. The van der Waals surface area contributed by atoms with Crippen LogP contribution in [0.3, 0.4) is 0 Å². The zero-order chi connectivity index (χ0) is 24.0. The lowest BCUT2D eigenvalue weighted by atomic mass is 9.92. The maximum atomic E-state index is 14.7. The standard InChI is InChI=1S/C24H32FN3O5/c1-4-28-19(15-27-13-11-16(12-14-27)22(29)32-5-2)20(23(30)33-6-3)21(26-24(28)31)17-9-7-8-10-18(17)25/h7-10,16,21H,4-6,11-15H2,1-3H3,(H,26,31)/t21-/m0/s1. The summed E-state index contributed by atoms with van der Waals surface area (Å²) < 4.78 is 25.1. The SMILES string of the molecule is CCOC(=O)C1=C(CN2CCC(C(=O)OCC)CC2)N(CC)C(=O)N[C@H]1c1ccccc1F. The van der Waals surface area contributed by atoms with Gasteiger partial charge in [-0.2, -0.15) is 0 Å². The molecule has 0 aromatic heterocycles. The quantitative estimate of drug-likeness (QED) is 0.599. The van der Waals surface area contributed by atoms with Crippen molar-refractivity contribution in [3.63, 3.8) is 0 Å². The van der Waals surface area contributed by atoms with Gasteiger partial charge in [-0.3, -0.25) is 14.6 Å². The van der Waals surface area contributed by atoms with Crippen molar-refractivity contribution in [2.45, 2.75) is 39.7 Å². The van der Waals surface area contributed by atoms with Crippen LogP contribution in [-0.4, -0.2) is 67.2 Å². The Kier molecular flexibility index (Phi) is 8.43. The van der Waals surface area contributed by atoms with Crippen molar-refractivity contribution in [3.8, 4) is 0 Å². The Morgan fingerprint density at radius 1 is 1.09 bits per heavy atom. The predicted molar refractivity (Wildman–Crippen MR) is 120 cm³/mol. The molecular weight excluding hydrogens is 429 g/mol. The molecule has 2 aliphatic heterocycles. The average molecular weight is 462 g/mol. The van der Waals surface area contributed by atoms with Crippen LogP contribution in [0.1, 0.15) is 45.2 Å². The molecule has 33 heavy (non-hydrogen) atoms. The maximum Gasteiger partial charge on any atom is 0.338 e. The van der Waals surface area contributed by atoms with Crippen LogP contribution in [0.5, 0.6) is 0 Å². The van der Waals surface area contributed by atoms with Gasteiger partial charge in [-0.1, -0.05) is 18.2 Å². The number of rotatable bonds is 8. The zero-order valence-corrected chi connectivity index (χ0v) is 19.4. The third-order valence-electron chi connectivity index (χ3n) is 6.05. The molecule has 0 spiro atoms. The molecule has 1 aromatic rings. The van der Waals surface area contributed by atoms with Gasteiger partial charge < -0.3 is 14.8 Å². The Morgan fingerprint density at radius 2 is 1.76 bits per heavy atom. The van der Waals surface area contributed by atoms with Gasteiger partial charge in [0.05, 0.1) is 30.7 Å². The number of amides is 2. The summed E-state index contributed by atoms with van der Waals surface area (Å²) in [6.45, 7) is 7.71. The lowest BCUT2D eigenvalue weighted by Crippen LogP contribution is -2.51. The normalized spacial score (nSPS) is 19.9. The number of likely N-dealkylation sites (tertiary alicyclic amines) is 1. The summed E-state index contributed by atoms with van der Waals surface area (Å²) >= 11 is 0. The number of esters is 2. The molecule has 1 saturated heterocycles. The minimum Gasteiger partial charge on any atom is -0.466 e. The van der Waals surface area contributed by atoms with Gasteiger partial charge in [-0.05, 0) is 52.8 Å². The lowest BCUT2D eigenvalue weighted by Gasteiger charge is -2.39. The van der Waals surface area contributed by atoms with Crippen LogP contribution in [0.4, 0.5) is 9.18 Å². The van der Waals surface area contributed by atoms with Crippen molar-refractivity contribution in [2.75, 3.05) is 39.4 Å². The van der Waals surface area contributed by atoms with Crippen molar-refractivity contribution >= 4 is 18.0 Å². The second-order valence-corrected chi connectivity index (χ2v) is 8.03. The first kappa shape index (κ1) is 24.7. The Hall–Kier alpha value is -2.94. The molecule has 1 atom stereocenters. The van der Waals surface area contributed by atoms with E-state index in [4.69, 9.17) is 9.47 Å². The summed E-state index contributed by atoms with van der Waals surface area (Å²) in [6, 6.07) is 4.74. The molecule has 0 radical (unpaired) electrons. The average Bonchev–Trinajstić information content (AvgIpc) is 2.80. The fourth-order valence-corrected chi connectivity index (χ4v) is 4.40. The molecule has 1 aromatic carbocycles. The van der Waals surface area contributed by atoms with Crippen LogP contribution in [-0.2, 0) is 19.1 Å². The number of nitrogens with one attached hydrogen (secondary N) is 1. The van der Waals surface area contributed by atoms with Crippen LogP contribution >= 0.6 is 0 Å². The summed E-state index contributed by atoms with van der Waals surface area (Å²) in [7, 11) is 0. The molecule has 8 nitrogen and oxygen atoms in total. The molecular formula is C24H32FN3O5. The highest BCUT2D eigenvalue weighted by atomic mass is 19.1. The van der Waals surface area contributed by atoms with E-state index in [2.05, 4.69) is 10.2 Å². The predicted octanol–water partition coefficient (Wildman–Crippen LogP) is 3.00. The molecule has 0 saturated carbocycles. The van der Waals surface area contributed by atoms with Crippen LogP contribution in [0.25, 0.3) is 0 Å². The molecule has 0 aliphatic carbocycles. The fourth-order valence-electron chi connectivity index (χ4n) is 4.40. The van der Waals surface area contributed by atoms with Gasteiger partial charge in [0.2, 0.25) is 0 Å². The number of piperidine rings is 1. The van der Waals surface area contributed by atoms with Gasteiger partial charge in [-0.25, -0.2) is 14.0 Å². The summed E-state index contributed by atoms with van der Waals surface area (Å²) in [5.74, 6) is -1.43. The van der Waals surface area contributed by atoms with Crippen LogP contribution in [0.2, 0.25) is 0 Å². The van der Waals surface area contributed by atoms with E-state index in [0.29, 0.717) is 51.3 Å². The lowest BCUT2D eigenvalue weighted by molar-refractivity contribution is -0.149. The number of carbonyl (C=O) groups excluding carboxylic acids is 3.